The second-order valence-corrected chi connectivity index (χ2v) is 7.13. The molecule has 0 amide bonds. The van der Waals surface area contributed by atoms with Gasteiger partial charge in [0.1, 0.15) is 5.01 Å². The third-order valence-electron chi connectivity index (χ3n) is 4.38. The highest BCUT2D eigenvalue weighted by Gasteiger charge is 2.29. The molecular weight excluding hydrogens is 286 g/mol. The average molecular weight is 305 g/mol. The summed E-state index contributed by atoms with van der Waals surface area (Å²) in [6, 6.07) is 2.85. The molecule has 6 nitrogen and oxygen atoms in total. The number of hydrogen-bond acceptors (Lipinski definition) is 6. The van der Waals surface area contributed by atoms with Crippen LogP contribution >= 0.6 is 11.3 Å². The van der Waals surface area contributed by atoms with Gasteiger partial charge in [0.05, 0.1) is 6.54 Å². The summed E-state index contributed by atoms with van der Waals surface area (Å²) < 4.78 is 1.43. The number of hydrogen-bond donors (Lipinski definition) is 1. The van der Waals surface area contributed by atoms with E-state index in [2.05, 4.69) is 20.3 Å². The van der Waals surface area contributed by atoms with Crippen LogP contribution in [0.25, 0.3) is 4.96 Å². The molecule has 2 aliphatic rings. The van der Waals surface area contributed by atoms with E-state index in [9.17, 15) is 4.79 Å². The first-order chi connectivity index (χ1) is 10.2. The third-order valence-corrected chi connectivity index (χ3v) is 5.27. The van der Waals surface area contributed by atoms with Crippen LogP contribution in [0, 0.1) is 6.92 Å². The molecule has 0 aliphatic carbocycles. The lowest BCUT2D eigenvalue weighted by atomic mass is 10.1. The van der Waals surface area contributed by atoms with E-state index in [1.807, 2.05) is 6.92 Å². The van der Waals surface area contributed by atoms with Crippen LogP contribution in [0.15, 0.2) is 10.9 Å². The number of aryl methyl sites for hydroxylation is 1. The van der Waals surface area contributed by atoms with E-state index in [-0.39, 0.29) is 5.56 Å². The minimum absolute atomic E-state index is 0.0865. The van der Waals surface area contributed by atoms with Crippen molar-refractivity contribution in [3.05, 3.63) is 27.1 Å². The van der Waals surface area contributed by atoms with Gasteiger partial charge in [0.2, 0.25) is 4.96 Å². The summed E-state index contributed by atoms with van der Waals surface area (Å²) in [5, 5.41) is 9.10. The highest BCUT2D eigenvalue weighted by Crippen LogP contribution is 2.22. The maximum absolute atomic E-state index is 11.9. The largest absolute Gasteiger partial charge is 0.310 e. The minimum atomic E-state index is -0.0865. The fourth-order valence-corrected chi connectivity index (χ4v) is 4.36. The van der Waals surface area contributed by atoms with Crippen molar-refractivity contribution in [3.63, 3.8) is 0 Å². The van der Waals surface area contributed by atoms with E-state index >= 15 is 0 Å². The Hall–Kier alpha value is -1.31. The molecule has 2 aromatic heterocycles. The van der Waals surface area contributed by atoms with E-state index in [1.165, 1.54) is 41.2 Å². The van der Waals surface area contributed by atoms with E-state index in [4.69, 9.17) is 0 Å². The molecule has 2 aliphatic heterocycles. The molecule has 0 radical (unpaired) electrons. The maximum Gasteiger partial charge on any atom is 0.275 e. The second-order valence-electron chi connectivity index (χ2n) is 6.09. The molecule has 2 saturated heterocycles. The molecule has 2 fully saturated rings. The number of likely N-dealkylation sites (tertiary alicyclic amines) is 1. The Morgan fingerprint density at radius 2 is 2.24 bits per heavy atom. The number of nitrogens with zero attached hydrogens (tertiary/aromatic N) is 4. The van der Waals surface area contributed by atoms with Crippen molar-refractivity contribution < 1.29 is 0 Å². The second kappa shape index (κ2) is 5.15. The van der Waals surface area contributed by atoms with Gasteiger partial charge in [0.25, 0.3) is 5.56 Å². The van der Waals surface area contributed by atoms with E-state index in [0.717, 1.165) is 30.3 Å². The Balaban J connectivity index is 1.57. The maximum atomic E-state index is 11.9. The molecule has 2 bridgehead atoms. The molecular formula is C14H19N5OS. The summed E-state index contributed by atoms with van der Waals surface area (Å²) in [6.45, 7) is 4.84. The molecule has 0 spiro atoms. The first-order valence-electron chi connectivity index (χ1n) is 7.52. The van der Waals surface area contributed by atoms with Crippen LogP contribution in [0.3, 0.4) is 0 Å². The Labute approximate surface area is 126 Å². The van der Waals surface area contributed by atoms with Gasteiger partial charge in [0, 0.05) is 36.9 Å². The van der Waals surface area contributed by atoms with Gasteiger partial charge in [0.15, 0.2) is 0 Å². The Morgan fingerprint density at radius 1 is 1.38 bits per heavy atom. The zero-order chi connectivity index (χ0) is 14.4. The van der Waals surface area contributed by atoms with Gasteiger partial charge < -0.3 is 5.32 Å². The lowest BCUT2D eigenvalue weighted by Gasteiger charge is -2.22. The molecule has 0 saturated carbocycles. The van der Waals surface area contributed by atoms with Gasteiger partial charge in [-0.05, 0) is 26.2 Å². The zero-order valence-corrected chi connectivity index (χ0v) is 12.9. The van der Waals surface area contributed by atoms with Gasteiger partial charge in [-0.15, -0.1) is 0 Å². The van der Waals surface area contributed by atoms with E-state index < -0.39 is 0 Å². The van der Waals surface area contributed by atoms with Crippen molar-refractivity contribution in [2.45, 2.75) is 44.8 Å². The van der Waals surface area contributed by atoms with Crippen LogP contribution in [0.5, 0.6) is 0 Å². The van der Waals surface area contributed by atoms with Crippen LogP contribution in [0.4, 0.5) is 0 Å². The first-order valence-corrected chi connectivity index (χ1v) is 8.34. The Morgan fingerprint density at radius 3 is 3.14 bits per heavy atom. The van der Waals surface area contributed by atoms with Crippen LogP contribution in [-0.4, -0.2) is 44.7 Å². The molecule has 2 aromatic rings. The van der Waals surface area contributed by atoms with Crippen molar-refractivity contribution in [2.75, 3.05) is 13.1 Å². The Kier molecular flexibility index (Phi) is 3.28. The summed E-state index contributed by atoms with van der Waals surface area (Å²) in [6.07, 6.45) is 3.80. The smallest absolute Gasteiger partial charge is 0.275 e. The number of aromatic nitrogens is 3. The van der Waals surface area contributed by atoms with Crippen molar-refractivity contribution in [3.8, 4) is 0 Å². The molecule has 1 N–H and O–H groups in total. The van der Waals surface area contributed by atoms with Gasteiger partial charge in [-0.3, -0.25) is 9.69 Å². The summed E-state index contributed by atoms with van der Waals surface area (Å²) in [5.41, 5.74) is 0.670. The topological polar surface area (TPSA) is 62.5 Å². The summed E-state index contributed by atoms with van der Waals surface area (Å²) >= 11 is 1.52. The van der Waals surface area contributed by atoms with Gasteiger partial charge in [-0.1, -0.05) is 11.3 Å². The van der Waals surface area contributed by atoms with Crippen LogP contribution in [0.1, 0.15) is 30.0 Å². The molecule has 112 valence electrons. The molecule has 7 heteroatoms. The van der Waals surface area contributed by atoms with Gasteiger partial charge in [-0.2, -0.15) is 9.61 Å². The number of rotatable bonds is 2. The fourth-order valence-electron chi connectivity index (χ4n) is 3.37. The molecule has 2 atom stereocenters. The zero-order valence-electron chi connectivity index (χ0n) is 12.1. The van der Waals surface area contributed by atoms with E-state index in [1.54, 1.807) is 0 Å². The van der Waals surface area contributed by atoms with Crippen molar-refractivity contribution in [1.29, 1.82) is 0 Å². The predicted molar refractivity (Wildman–Crippen MR) is 81.7 cm³/mol. The van der Waals surface area contributed by atoms with E-state index in [0.29, 0.717) is 17.0 Å². The quantitative estimate of drug-likeness (QED) is 0.888. The summed E-state index contributed by atoms with van der Waals surface area (Å²) in [4.78, 5) is 19.5. The van der Waals surface area contributed by atoms with Crippen LogP contribution in [0.2, 0.25) is 0 Å². The third kappa shape index (κ3) is 2.61. The van der Waals surface area contributed by atoms with Crippen LogP contribution in [-0.2, 0) is 6.54 Å². The summed E-state index contributed by atoms with van der Waals surface area (Å²) in [7, 11) is 0. The molecule has 21 heavy (non-hydrogen) atoms. The van der Waals surface area contributed by atoms with Crippen molar-refractivity contribution >= 4 is 16.3 Å². The first kappa shape index (κ1) is 13.4. The number of nitrogens with one attached hydrogen (secondary N) is 1. The Bertz CT molecular complexity index is 724. The average Bonchev–Trinajstić information content (AvgIpc) is 2.96. The molecule has 4 rings (SSSR count). The SMILES string of the molecule is Cc1cc(=O)n2nc(CN3CCC4CCC(C3)N4)sc2n1. The summed E-state index contributed by atoms with van der Waals surface area (Å²) in [5.74, 6) is 0. The minimum Gasteiger partial charge on any atom is -0.310 e. The van der Waals surface area contributed by atoms with Gasteiger partial charge in [-0.25, -0.2) is 4.98 Å². The predicted octanol–water partition coefficient (Wildman–Crippen LogP) is 0.786. The lowest BCUT2D eigenvalue weighted by Crippen LogP contribution is -2.35. The standard InChI is InChI=1S/C14H19N5OS/c1-9-6-13(20)19-14(15-9)21-12(17-19)8-18-5-4-10-2-3-11(7-18)16-10/h6,10-11,16H,2-5,7-8H2,1H3. The number of fused-ring (bicyclic) bond motifs is 3. The highest BCUT2D eigenvalue weighted by molar-refractivity contribution is 7.16. The lowest BCUT2D eigenvalue weighted by molar-refractivity contribution is 0.250. The molecule has 0 aromatic carbocycles. The van der Waals surface area contributed by atoms with Crippen molar-refractivity contribution in [2.24, 2.45) is 0 Å². The van der Waals surface area contributed by atoms with Gasteiger partial charge >= 0.3 is 0 Å². The van der Waals surface area contributed by atoms with Crippen LogP contribution < -0.4 is 10.9 Å². The highest BCUT2D eigenvalue weighted by atomic mass is 32.1. The van der Waals surface area contributed by atoms with Crippen molar-refractivity contribution in [1.82, 2.24) is 24.8 Å². The monoisotopic (exact) mass is 305 g/mol. The fraction of sp³-hybridized carbons (Fsp3) is 0.643. The normalized spacial score (nSPS) is 26.3. The molecule has 2 unspecified atom stereocenters. The molecule has 4 heterocycles.